The van der Waals surface area contributed by atoms with Crippen LogP contribution in [0.25, 0.3) is 0 Å². The lowest BCUT2D eigenvalue weighted by Gasteiger charge is -2.33. The van der Waals surface area contributed by atoms with Gasteiger partial charge in [-0.2, -0.15) is 4.99 Å². The Balaban J connectivity index is 1.38. The molecule has 1 saturated carbocycles. The van der Waals surface area contributed by atoms with Crippen LogP contribution in [0.2, 0.25) is 5.02 Å². The smallest absolute Gasteiger partial charge is 0.327 e. The summed E-state index contributed by atoms with van der Waals surface area (Å²) in [4.78, 5) is 22.2. The third kappa shape index (κ3) is 9.79. The number of esters is 1. The van der Waals surface area contributed by atoms with E-state index in [0.717, 1.165) is 37.8 Å². The number of aliphatic hydroxyl groups excluding tert-OH is 3. The number of nitrogens with one attached hydrogen (secondary N) is 1. The van der Waals surface area contributed by atoms with Crippen LogP contribution in [-0.2, 0) is 33.7 Å². The number of thiophene rings is 1. The van der Waals surface area contributed by atoms with Crippen molar-refractivity contribution in [2.75, 3.05) is 39.2 Å². The Hall–Kier alpha value is -2.62. The van der Waals surface area contributed by atoms with Crippen LogP contribution in [-0.4, -0.2) is 117 Å². The van der Waals surface area contributed by atoms with Gasteiger partial charge in [0.25, 0.3) is 0 Å². The zero-order chi connectivity index (χ0) is 35.7. The molecule has 14 heteroatoms. The highest BCUT2D eigenvalue weighted by atomic mass is 35.5. The summed E-state index contributed by atoms with van der Waals surface area (Å²) in [7, 11) is 1.40. The van der Waals surface area contributed by atoms with Gasteiger partial charge < -0.3 is 24.8 Å². The fraction of sp³-hybridized carbons (Fsp3) is 0.543. The quantitative estimate of drug-likeness (QED) is 0.0521. The number of hydrazone groups is 1. The van der Waals surface area contributed by atoms with E-state index in [0.29, 0.717) is 35.3 Å². The first-order valence-electron chi connectivity index (χ1n) is 16.6. The molecule has 1 aliphatic heterocycles. The van der Waals surface area contributed by atoms with Crippen molar-refractivity contribution < 1.29 is 34.3 Å². The van der Waals surface area contributed by atoms with Crippen LogP contribution >= 0.6 is 34.7 Å². The minimum Gasteiger partial charge on any atom is -0.468 e. The summed E-state index contributed by atoms with van der Waals surface area (Å²) in [5, 5.41) is 41.9. The van der Waals surface area contributed by atoms with Crippen LogP contribution in [0.4, 0.5) is 0 Å². The zero-order valence-electron chi connectivity index (χ0n) is 28.5. The number of halogens is 1. The monoisotopic (exact) mass is 734 g/mol. The van der Waals surface area contributed by atoms with Crippen LogP contribution in [0.15, 0.2) is 47.5 Å². The van der Waals surface area contributed by atoms with Gasteiger partial charge in [0.15, 0.2) is 24.3 Å². The number of aliphatic hydroxyl groups is 3. The number of aryl methyl sites for hydroxylation is 1. The maximum atomic E-state index is 12.9. The number of hydrazine groups is 1. The van der Waals surface area contributed by atoms with Crippen LogP contribution in [0.5, 0.6) is 0 Å². The van der Waals surface area contributed by atoms with Gasteiger partial charge in [-0.25, -0.2) is 4.79 Å². The van der Waals surface area contributed by atoms with Crippen molar-refractivity contribution in [1.29, 1.82) is 5.41 Å². The lowest BCUT2D eigenvalue weighted by molar-refractivity contribution is -0.668. The average Bonchev–Trinajstić information content (AvgIpc) is 3.61. The molecule has 49 heavy (non-hydrogen) atoms. The number of nitrogens with zero attached hydrogens (tertiary/aromatic N) is 4. The van der Waals surface area contributed by atoms with Gasteiger partial charge in [-0.3, -0.25) is 10.3 Å². The number of hydrogen-bond donors (Lipinski definition) is 4. The molecule has 1 aromatic heterocycles. The maximum Gasteiger partial charge on any atom is 0.327 e. The number of carbonyl (C=O) groups is 1. The van der Waals surface area contributed by atoms with Gasteiger partial charge in [0.2, 0.25) is 0 Å². The standard InChI is InChI=1S/C35H49ClN5O6S2/c1-6-14-39(4)41(27-20-28(47-17-16-42)32(44)31(27)43)33(22(2)3)38-35(37)48-18-9-10-24-19-23-21-40(15-13-29(23)49-24)30(34(45)46-5)25-11-7-8-12-26(25)36/h7-8,11-12,19,27-28,30-32,37,42-44H,2,4,6,9-10,13-18,20-21H2,1,3,5H3/q+1. The van der Waals surface area contributed by atoms with Crippen molar-refractivity contribution in [3.8, 4) is 0 Å². The fourth-order valence-electron chi connectivity index (χ4n) is 6.37. The second kappa shape index (κ2) is 18.6. The minimum atomic E-state index is -1.15. The summed E-state index contributed by atoms with van der Waals surface area (Å²) >= 11 is 9.63. The summed E-state index contributed by atoms with van der Waals surface area (Å²) in [6.45, 7) is 13.9. The van der Waals surface area contributed by atoms with Gasteiger partial charge in [-0.15, -0.1) is 21.0 Å². The predicted molar refractivity (Wildman–Crippen MR) is 197 cm³/mol. The van der Waals surface area contributed by atoms with Crippen molar-refractivity contribution in [2.45, 2.75) is 82.9 Å². The van der Waals surface area contributed by atoms with Crippen LogP contribution < -0.4 is 0 Å². The maximum absolute atomic E-state index is 12.9. The van der Waals surface area contributed by atoms with Crippen molar-refractivity contribution in [2.24, 2.45) is 4.99 Å². The van der Waals surface area contributed by atoms with E-state index in [1.54, 1.807) is 22.7 Å². The first-order chi connectivity index (χ1) is 23.5. The Morgan fingerprint density at radius 2 is 2.08 bits per heavy atom. The Morgan fingerprint density at radius 3 is 2.76 bits per heavy atom. The fourth-order valence-corrected chi connectivity index (χ4v) is 8.46. The molecule has 2 heterocycles. The van der Waals surface area contributed by atoms with Gasteiger partial charge >= 0.3 is 5.97 Å². The molecule has 2 aliphatic rings. The van der Waals surface area contributed by atoms with Gasteiger partial charge in [0.1, 0.15) is 24.3 Å². The van der Waals surface area contributed by atoms with Crippen molar-refractivity contribution >= 4 is 58.4 Å². The largest absolute Gasteiger partial charge is 0.468 e. The van der Waals surface area contributed by atoms with Gasteiger partial charge in [-0.05, 0) is 55.0 Å². The molecular formula is C35H49ClN5O6S2+. The molecule has 11 nitrogen and oxygen atoms in total. The predicted octanol–water partition coefficient (Wildman–Crippen LogP) is 4.46. The van der Waals surface area contributed by atoms with E-state index in [-0.39, 0.29) is 30.8 Å². The van der Waals surface area contributed by atoms with E-state index < -0.39 is 30.4 Å². The Kier molecular flexibility index (Phi) is 14.8. The van der Waals surface area contributed by atoms with Crippen molar-refractivity contribution in [3.05, 3.63) is 68.4 Å². The topological polar surface area (TPSA) is 142 Å². The van der Waals surface area contributed by atoms with E-state index in [9.17, 15) is 20.1 Å². The number of methoxy groups -OCH3 is 1. The van der Waals surface area contributed by atoms with E-state index in [2.05, 4.69) is 29.3 Å². The molecule has 5 unspecified atom stereocenters. The number of benzene rings is 1. The third-order valence-electron chi connectivity index (χ3n) is 8.67. The number of fused-ring (bicyclic) bond motifs is 1. The van der Waals surface area contributed by atoms with Crippen LogP contribution in [0, 0.1) is 5.41 Å². The molecule has 2 aromatic rings. The van der Waals surface area contributed by atoms with Crippen molar-refractivity contribution in [3.63, 3.8) is 0 Å². The molecule has 0 bridgehead atoms. The molecule has 4 rings (SSSR count). The molecule has 4 N–H and O–H groups in total. The molecule has 0 amide bonds. The second-order valence-electron chi connectivity index (χ2n) is 12.3. The van der Waals surface area contributed by atoms with E-state index in [1.165, 1.54) is 34.2 Å². The molecule has 268 valence electrons. The number of hydrogen-bond acceptors (Lipinski definition) is 10. The summed E-state index contributed by atoms with van der Waals surface area (Å²) in [6.07, 6.45) is 0.661. The molecule has 5 atom stereocenters. The molecule has 0 saturated heterocycles. The molecule has 0 spiro atoms. The summed E-state index contributed by atoms with van der Waals surface area (Å²) < 4.78 is 12.5. The SMILES string of the molecule is C=C(C)C(=NC(=N)SCCCc1cc2c(s1)CCN(C(C(=O)OC)c1ccccc1Cl)C2)N(C1CC(OCCO)C(O)C1O)[N+](=C)CCC. The highest BCUT2D eigenvalue weighted by Crippen LogP contribution is 2.36. The van der Waals surface area contributed by atoms with Gasteiger partial charge in [0, 0.05) is 46.5 Å². The molecule has 1 aliphatic carbocycles. The summed E-state index contributed by atoms with van der Waals surface area (Å²) in [5.74, 6) is 0.758. The van der Waals surface area contributed by atoms with Crippen LogP contribution in [0.1, 0.15) is 60.0 Å². The van der Waals surface area contributed by atoms with Crippen LogP contribution in [0.3, 0.4) is 0 Å². The highest BCUT2D eigenvalue weighted by Gasteiger charge is 2.49. The molecule has 1 aromatic carbocycles. The summed E-state index contributed by atoms with van der Waals surface area (Å²) in [5.41, 5.74) is 2.56. The lowest BCUT2D eigenvalue weighted by atomic mass is 10.0. The van der Waals surface area contributed by atoms with Gasteiger partial charge in [0.05, 0.1) is 26.4 Å². The number of rotatable bonds is 15. The summed E-state index contributed by atoms with van der Waals surface area (Å²) in [6, 6.07) is 8.46. The number of thioether (sulfide) groups is 1. The van der Waals surface area contributed by atoms with Crippen molar-refractivity contribution in [1.82, 2.24) is 9.91 Å². The number of amidine groups is 2. The third-order valence-corrected chi connectivity index (χ3v) is 11.2. The lowest BCUT2D eigenvalue weighted by Crippen LogP contribution is -2.52. The Bertz CT molecular complexity index is 1520. The Morgan fingerprint density at radius 1 is 1.33 bits per heavy atom. The van der Waals surface area contributed by atoms with E-state index in [1.807, 2.05) is 36.5 Å². The average molecular weight is 735 g/mol. The molecule has 0 radical (unpaired) electrons. The number of ether oxygens (including phenoxy) is 2. The molecule has 1 fully saturated rings. The second-order valence-corrected chi connectivity index (χ2v) is 15.0. The highest BCUT2D eigenvalue weighted by molar-refractivity contribution is 8.13. The van der Waals surface area contributed by atoms with E-state index >= 15 is 0 Å². The van der Waals surface area contributed by atoms with E-state index in [4.69, 9.17) is 26.5 Å². The molecular weight excluding hydrogens is 686 g/mol. The minimum absolute atomic E-state index is 0.0545. The Labute approximate surface area is 302 Å². The number of carbonyl (C=O) groups excluding carboxylic acids is 1. The first kappa shape index (κ1) is 39.2. The number of aliphatic imine (C=N–C) groups is 1. The normalized spacial score (nSPS) is 21.7. The van der Waals surface area contributed by atoms with Gasteiger partial charge in [-0.1, -0.05) is 55.1 Å². The zero-order valence-corrected chi connectivity index (χ0v) is 30.9. The first-order valence-corrected chi connectivity index (χ1v) is 18.8.